The molecule has 2 aromatic carbocycles. The summed E-state index contributed by atoms with van der Waals surface area (Å²) >= 11 is 6.11. The number of hydrogen-bond donors (Lipinski definition) is 0. The number of rotatable bonds is 4. The van der Waals surface area contributed by atoms with Gasteiger partial charge in [0.15, 0.2) is 0 Å². The van der Waals surface area contributed by atoms with E-state index in [1.807, 2.05) is 48.2 Å². The average Bonchev–Trinajstić information content (AvgIpc) is 2.98. The molecule has 30 heavy (non-hydrogen) atoms. The number of aromatic nitrogens is 2. The molecular weight excluding hydrogens is 400 g/mol. The van der Waals surface area contributed by atoms with Crippen molar-refractivity contribution in [2.24, 2.45) is 0 Å². The quantitative estimate of drug-likeness (QED) is 0.630. The van der Waals surface area contributed by atoms with Crippen LogP contribution in [0.2, 0.25) is 5.02 Å². The first-order valence-corrected chi connectivity index (χ1v) is 10.4. The molecule has 0 radical (unpaired) electrons. The highest BCUT2D eigenvalue weighted by Gasteiger charge is 2.24. The molecule has 1 amide bonds. The van der Waals surface area contributed by atoms with Crippen LogP contribution in [0.3, 0.4) is 0 Å². The second-order valence-corrected chi connectivity index (χ2v) is 7.80. The summed E-state index contributed by atoms with van der Waals surface area (Å²) in [5.74, 6) is 0.870. The molecule has 0 spiro atoms. The lowest BCUT2D eigenvalue weighted by atomic mass is 10.2. The Morgan fingerprint density at radius 1 is 1.03 bits per heavy atom. The fraction of sp³-hybridized carbons (Fsp3) is 0.304. The minimum atomic E-state index is 0.0253. The van der Waals surface area contributed by atoms with E-state index in [-0.39, 0.29) is 5.91 Å². The van der Waals surface area contributed by atoms with E-state index >= 15 is 0 Å². The Balaban J connectivity index is 1.48. The lowest BCUT2D eigenvalue weighted by Crippen LogP contribution is -2.35. The molecule has 7 heteroatoms. The molecule has 0 N–H and O–H groups in total. The van der Waals surface area contributed by atoms with Crippen molar-refractivity contribution in [1.29, 1.82) is 0 Å². The first-order valence-electron chi connectivity index (χ1n) is 10.1. The lowest BCUT2D eigenvalue weighted by Gasteiger charge is -2.24. The molecule has 3 aromatic rings. The fourth-order valence-corrected chi connectivity index (χ4v) is 4.01. The summed E-state index contributed by atoms with van der Waals surface area (Å²) in [6.07, 6.45) is 2.57. The van der Waals surface area contributed by atoms with Gasteiger partial charge in [-0.2, -0.15) is 5.10 Å². The van der Waals surface area contributed by atoms with E-state index in [4.69, 9.17) is 16.3 Å². The largest absolute Gasteiger partial charge is 0.497 e. The Bertz CT molecular complexity index is 1030. The summed E-state index contributed by atoms with van der Waals surface area (Å²) in [5.41, 5.74) is 3.45. The second kappa shape index (κ2) is 8.79. The van der Waals surface area contributed by atoms with Gasteiger partial charge in [-0.15, -0.1) is 0 Å². The smallest absolute Gasteiger partial charge is 0.257 e. The molecule has 0 saturated carbocycles. The molecule has 0 unspecified atom stereocenters. The standard InChI is InChI=1S/C23H25ClN4O2/c1-17-22(16-25-28(17)20-6-3-5-18(24)15-20)23(29)27-12-4-11-26(13-14-27)19-7-9-21(30-2)10-8-19/h3,5-10,15-16H,4,11-14H2,1-2H3. The number of carbonyl (C=O) groups excluding carboxylic acids is 1. The van der Waals surface area contributed by atoms with Crippen LogP contribution in [0.25, 0.3) is 5.69 Å². The van der Waals surface area contributed by atoms with Crippen molar-refractivity contribution < 1.29 is 9.53 Å². The summed E-state index contributed by atoms with van der Waals surface area (Å²) in [4.78, 5) is 17.5. The Hall–Kier alpha value is -2.99. The highest BCUT2D eigenvalue weighted by molar-refractivity contribution is 6.30. The van der Waals surface area contributed by atoms with Crippen LogP contribution in [0, 0.1) is 6.92 Å². The summed E-state index contributed by atoms with van der Waals surface area (Å²) in [6, 6.07) is 15.5. The SMILES string of the molecule is COc1ccc(N2CCCN(C(=O)c3cnn(-c4cccc(Cl)c4)c3C)CC2)cc1. The van der Waals surface area contributed by atoms with Crippen molar-refractivity contribution in [1.82, 2.24) is 14.7 Å². The fourth-order valence-electron chi connectivity index (χ4n) is 3.83. The predicted molar refractivity (Wildman–Crippen MR) is 119 cm³/mol. The monoisotopic (exact) mass is 424 g/mol. The summed E-state index contributed by atoms with van der Waals surface area (Å²) < 4.78 is 7.01. The van der Waals surface area contributed by atoms with Gasteiger partial charge >= 0.3 is 0 Å². The maximum atomic E-state index is 13.2. The van der Waals surface area contributed by atoms with Crippen LogP contribution in [-0.4, -0.2) is 53.9 Å². The third-order valence-electron chi connectivity index (χ3n) is 5.51. The number of methoxy groups -OCH3 is 1. The van der Waals surface area contributed by atoms with Crippen molar-refractivity contribution in [2.45, 2.75) is 13.3 Å². The zero-order chi connectivity index (χ0) is 21.1. The van der Waals surface area contributed by atoms with Gasteiger partial charge in [0, 0.05) is 36.9 Å². The van der Waals surface area contributed by atoms with Crippen molar-refractivity contribution in [3.63, 3.8) is 0 Å². The van der Waals surface area contributed by atoms with Gasteiger partial charge in [0.1, 0.15) is 5.75 Å². The number of halogens is 1. The molecule has 2 heterocycles. The van der Waals surface area contributed by atoms with E-state index in [0.29, 0.717) is 17.1 Å². The zero-order valence-electron chi connectivity index (χ0n) is 17.2. The Kier molecular flexibility index (Phi) is 5.95. The highest BCUT2D eigenvalue weighted by atomic mass is 35.5. The predicted octanol–water partition coefficient (Wildman–Crippen LogP) is 4.20. The molecule has 1 fully saturated rings. The van der Waals surface area contributed by atoms with E-state index in [9.17, 15) is 4.79 Å². The summed E-state index contributed by atoms with van der Waals surface area (Å²) in [6.45, 7) is 5.03. The molecule has 1 aliphatic heterocycles. The van der Waals surface area contributed by atoms with E-state index in [1.54, 1.807) is 18.0 Å². The van der Waals surface area contributed by atoms with E-state index in [0.717, 1.165) is 48.9 Å². The second-order valence-electron chi connectivity index (χ2n) is 7.37. The Morgan fingerprint density at radius 2 is 1.83 bits per heavy atom. The van der Waals surface area contributed by atoms with Gasteiger partial charge in [-0.1, -0.05) is 17.7 Å². The highest BCUT2D eigenvalue weighted by Crippen LogP contribution is 2.22. The molecular formula is C23H25ClN4O2. The van der Waals surface area contributed by atoms with Crippen LogP contribution in [0.15, 0.2) is 54.7 Å². The van der Waals surface area contributed by atoms with Crippen LogP contribution in [0.1, 0.15) is 22.5 Å². The molecule has 1 aliphatic rings. The number of anilines is 1. The van der Waals surface area contributed by atoms with Gasteiger partial charge in [-0.25, -0.2) is 4.68 Å². The molecule has 1 saturated heterocycles. The maximum Gasteiger partial charge on any atom is 0.257 e. The van der Waals surface area contributed by atoms with Gasteiger partial charge in [0.25, 0.3) is 5.91 Å². The van der Waals surface area contributed by atoms with Gasteiger partial charge in [0.2, 0.25) is 0 Å². The van der Waals surface area contributed by atoms with E-state index < -0.39 is 0 Å². The van der Waals surface area contributed by atoms with E-state index in [1.165, 1.54) is 0 Å². The summed E-state index contributed by atoms with van der Waals surface area (Å²) in [5, 5.41) is 5.07. The van der Waals surface area contributed by atoms with Crippen molar-refractivity contribution in [2.75, 3.05) is 38.2 Å². The number of nitrogens with zero attached hydrogens (tertiary/aromatic N) is 4. The van der Waals surface area contributed by atoms with Gasteiger partial charge in [0.05, 0.1) is 30.3 Å². The Morgan fingerprint density at radius 3 is 2.57 bits per heavy atom. The average molecular weight is 425 g/mol. The molecule has 6 nitrogen and oxygen atoms in total. The minimum Gasteiger partial charge on any atom is -0.497 e. The normalized spacial score (nSPS) is 14.5. The van der Waals surface area contributed by atoms with Crippen molar-refractivity contribution >= 4 is 23.2 Å². The zero-order valence-corrected chi connectivity index (χ0v) is 18.0. The van der Waals surface area contributed by atoms with Crippen LogP contribution >= 0.6 is 11.6 Å². The number of amides is 1. The van der Waals surface area contributed by atoms with Crippen molar-refractivity contribution in [3.8, 4) is 11.4 Å². The van der Waals surface area contributed by atoms with Crippen LogP contribution in [0.4, 0.5) is 5.69 Å². The van der Waals surface area contributed by atoms with Crippen LogP contribution < -0.4 is 9.64 Å². The maximum absolute atomic E-state index is 13.2. The van der Waals surface area contributed by atoms with Crippen LogP contribution in [-0.2, 0) is 0 Å². The molecule has 1 aromatic heterocycles. The molecule has 156 valence electrons. The van der Waals surface area contributed by atoms with Gasteiger partial charge < -0.3 is 14.5 Å². The lowest BCUT2D eigenvalue weighted by molar-refractivity contribution is 0.0766. The number of hydrogen-bond acceptors (Lipinski definition) is 4. The van der Waals surface area contributed by atoms with Gasteiger partial charge in [-0.3, -0.25) is 4.79 Å². The first-order chi connectivity index (χ1) is 14.6. The minimum absolute atomic E-state index is 0.0253. The summed E-state index contributed by atoms with van der Waals surface area (Å²) in [7, 11) is 1.67. The first kappa shape index (κ1) is 20.3. The number of ether oxygens (including phenoxy) is 1. The molecule has 4 rings (SSSR count). The molecule has 0 bridgehead atoms. The molecule has 0 aliphatic carbocycles. The third kappa shape index (κ3) is 4.14. The van der Waals surface area contributed by atoms with Crippen LogP contribution in [0.5, 0.6) is 5.75 Å². The van der Waals surface area contributed by atoms with E-state index in [2.05, 4.69) is 22.1 Å². The third-order valence-corrected chi connectivity index (χ3v) is 5.75. The number of benzene rings is 2. The topological polar surface area (TPSA) is 50.6 Å². The number of carbonyl (C=O) groups is 1. The van der Waals surface area contributed by atoms with Crippen molar-refractivity contribution in [3.05, 3.63) is 71.0 Å². The van der Waals surface area contributed by atoms with Gasteiger partial charge in [-0.05, 0) is 55.8 Å². The Labute approximate surface area is 181 Å². The molecule has 0 atom stereocenters.